The average Bonchev–Trinajstić information content (AvgIpc) is 1.36. The van der Waals surface area contributed by atoms with E-state index in [0.29, 0.717) is 0 Å². The molecule has 20 aromatic rings. The predicted molar refractivity (Wildman–Crippen MR) is 510 cm³/mol. The fourth-order valence-corrected chi connectivity index (χ4v) is 21.9. The Balaban J connectivity index is 0.000000142. The molecule has 0 aliphatic heterocycles. The van der Waals surface area contributed by atoms with Crippen LogP contribution in [0.3, 0.4) is 0 Å². The molecule has 0 saturated heterocycles. The van der Waals surface area contributed by atoms with Crippen LogP contribution in [0, 0.1) is 0 Å². The molecule has 4 aliphatic rings. The van der Waals surface area contributed by atoms with E-state index >= 15 is 0 Å². The minimum absolute atomic E-state index is 0.131. The van der Waals surface area contributed by atoms with Crippen LogP contribution in [-0.2, 0) is 21.7 Å². The van der Waals surface area contributed by atoms with E-state index in [1.807, 2.05) is 0 Å². The van der Waals surface area contributed by atoms with Gasteiger partial charge in [0.05, 0.1) is 21.9 Å². The Hall–Kier alpha value is -15.2. The van der Waals surface area contributed by atoms with Gasteiger partial charge in [-0.1, -0.05) is 414 Å². The van der Waals surface area contributed by atoms with Gasteiger partial charge < -0.3 is 9.80 Å². The van der Waals surface area contributed by atoms with Crippen LogP contribution in [0.5, 0.6) is 0 Å². The van der Waals surface area contributed by atoms with Gasteiger partial charge in [-0.15, -0.1) is 0 Å². The summed E-state index contributed by atoms with van der Waals surface area (Å²) in [6, 6.07) is 176. The van der Waals surface area contributed by atoms with E-state index in [4.69, 9.17) is 0 Å². The van der Waals surface area contributed by atoms with Crippen molar-refractivity contribution in [3.8, 4) is 55.6 Å². The summed E-state index contributed by atoms with van der Waals surface area (Å²) in [7, 11) is 0. The Morgan fingerprint density at radius 1 is 0.164 bits per heavy atom. The fraction of sp³-hybridized carbons (Fsp3) is 0.0500. The number of hydrogen-bond acceptors (Lipinski definition) is 2. The third kappa shape index (κ3) is 11.0. The molecule has 2 heteroatoms. The van der Waals surface area contributed by atoms with Gasteiger partial charge in [0.25, 0.3) is 0 Å². The first-order valence-corrected chi connectivity index (χ1v) is 42.7. The van der Waals surface area contributed by atoms with Crippen LogP contribution in [0.4, 0.5) is 34.1 Å². The monoisotopic (exact) mass is 1550 g/mol. The lowest BCUT2D eigenvalue weighted by Crippen LogP contribution is -2.44. The van der Waals surface area contributed by atoms with Crippen LogP contribution in [0.2, 0.25) is 0 Å². The lowest BCUT2D eigenvalue weighted by atomic mass is 9.51. The normalized spacial score (nSPS) is 13.9. The molecule has 4 aliphatic carbocycles. The molecule has 0 atom stereocenters. The smallest absolute Gasteiger partial charge is 0.0720 e. The van der Waals surface area contributed by atoms with Crippen molar-refractivity contribution < 1.29 is 0 Å². The summed E-state index contributed by atoms with van der Waals surface area (Å²) in [5, 5.41) is 7.40. The SMILES string of the molecule is CC1(C)c2ccccc2C2(c3ccccc3-c3c(-c4ccc(N(c5ccc(-c6ccccc6)cc5)c5ccc(-c6ccc7ccccc7c6)cc5)cc4)cccc32)c2ccccc21.c1ccc(C2(c3ccccc3)c3ccccc3C3(c4ccccc4-c4c(N(c5ccc6ccccc6c5)c5ccc6ccccc6c5)cccc43)c3ccccc32)cc1. The van der Waals surface area contributed by atoms with E-state index in [-0.39, 0.29) is 5.41 Å². The number of rotatable bonds is 11. The van der Waals surface area contributed by atoms with Gasteiger partial charge in [-0.3, -0.25) is 0 Å². The number of anilines is 6. The van der Waals surface area contributed by atoms with Gasteiger partial charge in [0.2, 0.25) is 0 Å². The van der Waals surface area contributed by atoms with E-state index in [1.165, 1.54) is 166 Å². The Morgan fingerprint density at radius 2 is 0.459 bits per heavy atom. The fourth-order valence-electron chi connectivity index (χ4n) is 21.9. The van der Waals surface area contributed by atoms with Crippen molar-refractivity contribution in [2.45, 2.75) is 35.5 Å². The number of fused-ring (bicyclic) bond motifs is 21. The quantitative estimate of drug-likeness (QED) is 0.127. The minimum atomic E-state index is -0.583. The molecule has 574 valence electrons. The Kier molecular flexibility index (Phi) is 17.0. The van der Waals surface area contributed by atoms with E-state index in [0.717, 1.165) is 34.1 Å². The molecule has 2 spiro atoms. The Labute approximate surface area is 713 Å². The molecule has 0 fully saturated rings. The third-order valence-electron chi connectivity index (χ3n) is 27.1. The maximum atomic E-state index is 2.49. The number of benzene rings is 20. The number of hydrogen-bond donors (Lipinski definition) is 0. The van der Waals surface area contributed by atoms with Gasteiger partial charge in [-0.2, -0.15) is 0 Å². The molecule has 0 aromatic heterocycles. The standard InChI is InChI=1S/C62H45N.C58H39N/c1-61(2)55-22-10-12-24-57(55)62(58-25-13-11-23-56(58)61)54-21-9-8-19-53(54)60-52(20-14-26-59(60)62)46-33-39-51(40-34-46)63(49-35-29-44(30-36-49)42-15-4-3-5-16-42)50-37-31-45(32-38-50)48-28-27-43-17-6-7-18-47(43)41-48;1-3-22-44(23-4-1)57(45-24-5-2-6-25-45)50-28-13-15-30-52(50)58(53-31-16-14-29-51(53)57)49-27-12-11-26-48(49)56-54(58)32-17-33-55(56)59(46-36-34-40-18-7-9-20-42(40)38-46)47-37-35-41-19-8-10-21-43(41)39-47/h3-41H,1-2H3;1-39H. The highest BCUT2D eigenvalue weighted by atomic mass is 15.2. The molecule has 0 bridgehead atoms. The first-order chi connectivity index (χ1) is 60.3. The van der Waals surface area contributed by atoms with Crippen molar-refractivity contribution in [3.63, 3.8) is 0 Å². The van der Waals surface area contributed by atoms with Crippen LogP contribution in [0.25, 0.3) is 88.0 Å². The second-order valence-corrected chi connectivity index (χ2v) is 33.6. The van der Waals surface area contributed by atoms with Crippen LogP contribution in [-0.4, -0.2) is 0 Å². The first kappa shape index (κ1) is 72.0. The highest BCUT2D eigenvalue weighted by Gasteiger charge is 2.58. The summed E-state index contributed by atoms with van der Waals surface area (Å²) in [6.45, 7) is 4.77. The van der Waals surface area contributed by atoms with Crippen LogP contribution >= 0.6 is 0 Å². The molecule has 0 saturated carbocycles. The first-order valence-electron chi connectivity index (χ1n) is 42.7. The van der Waals surface area contributed by atoms with Crippen molar-refractivity contribution in [1.82, 2.24) is 0 Å². The van der Waals surface area contributed by atoms with Crippen molar-refractivity contribution in [1.29, 1.82) is 0 Å². The van der Waals surface area contributed by atoms with Gasteiger partial charge in [0.15, 0.2) is 0 Å². The molecular formula is C120H84N2. The van der Waals surface area contributed by atoms with E-state index < -0.39 is 16.2 Å². The molecule has 20 aromatic carbocycles. The molecule has 0 amide bonds. The van der Waals surface area contributed by atoms with Crippen molar-refractivity contribution in [3.05, 3.63) is 551 Å². The summed E-state index contributed by atoms with van der Waals surface area (Å²) in [6.07, 6.45) is 0. The average molecular weight is 1550 g/mol. The van der Waals surface area contributed by atoms with Gasteiger partial charge in [-0.25, -0.2) is 0 Å². The largest absolute Gasteiger partial charge is 0.311 e. The van der Waals surface area contributed by atoms with Gasteiger partial charge in [0, 0.05) is 39.4 Å². The summed E-state index contributed by atoms with van der Waals surface area (Å²) < 4.78 is 0. The summed E-state index contributed by atoms with van der Waals surface area (Å²) >= 11 is 0. The zero-order valence-corrected chi connectivity index (χ0v) is 67.9. The second kappa shape index (κ2) is 28.8. The van der Waals surface area contributed by atoms with Crippen molar-refractivity contribution in [2.75, 3.05) is 9.80 Å². The lowest BCUT2D eigenvalue weighted by molar-refractivity contribution is 0.563. The lowest BCUT2D eigenvalue weighted by Gasteiger charge is -2.50. The van der Waals surface area contributed by atoms with Crippen LogP contribution < -0.4 is 9.80 Å². The molecule has 0 N–H and O–H groups in total. The van der Waals surface area contributed by atoms with Crippen LogP contribution in [0.1, 0.15) is 91.7 Å². The summed E-state index contributed by atoms with van der Waals surface area (Å²) in [5.41, 5.74) is 36.1. The van der Waals surface area contributed by atoms with E-state index in [2.05, 4.69) is 497 Å². The molecule has 0 unspecified atom stereocenters. The molecule has 24 rings (SSSR count). The highest BCUT2D eigenvalue weighted by molar-refractivity contribution is 6.03. The molecule has 122 heavy (non-hydrogen) atoms. The topological polar surface area (TPSA) is 6.48 Å². The maximum absolute atomic E-state index is 2.49. The van der Waals surface area contributed by atoms with Crippen LogP contribution in [0.15, 0.2) is 473 Å². The van der Waals surface area contributed by atoms with Gasteiger partial charge in [0.1, 0.15) is 0 Å². The Morgan fingerprint density at radius 3 is 0.926 bits per heavy atom. The molecule has 2 nitrogen and oxygen atoms in total. The zero-order chi connectivity index (χ0) is 81.1. The van der Waals surface area contributed by atoms with Gasteiger partial charge >= 0.3 is 0 Å². The number of nitrogens with zero attached hydrogens (tertiary/aromatic N) is 2. The maximum Gasteiger partial charge on any atom is 0.0720 e. The third-order valence-corrected chi connectivity index (χ3v) is 27.1. The highest BCUT2D eigenvalue weighted by Crippen LogP contribution is 2.68. The molecule has 0 heterocycles. The Bertz CT molecular complexity index is 7250. The van der Waals surface area contributed by atoms with E-state index in [1.54, 1.807) is 0 Å². The van der Waals surface area contributed by atoms with Crippen molar-refractivity contribution in [2.24, 2.45) is 0 Å². The van der Waals surface area contributed by atoms with Crippen molar-refractivity contribution >= 4 is 66.4 Å². The second-order valence-electron chi connectivity index (χ2n) is 33.6. The summed E-state index contributed by atoms with van der Waals surface area (Å²) in [5.74, 6) is 0. The minimum Gasteiger partial charge on any atom is -0.311 e. The van der Waals surface area contributed by atoms with Gasteiger partial charge in [-0.05, 0) is 233 Å². The molecule has 0 radical (unpaired) electrons. The van der Waals surface area contributed by atoms with E-state index in [9.17, 15) is 0 Å². The predicted octanol–water partition coefficient (Wildman–Crippen LogP) is 30.8. The summed E-state index contributed by atoms with van der Waals surface area (Å²) in [4.78, 5) is 4.87. The zero-order valence-electron chi connectivity index (χ0n) is 67.9. The molecular weight excluding hydrogens is 1470 g/mol.